The summed E-state index contributed by atoms with van der Waals surface area (Å²) < 4.78 is 1.73. The predicted molar refractivity (Wildman–Crippen MR) is 64.5 cm³/mol. The molecule has 1 aliphatic carbocycles. The average molecular weight is 239 g/mol. The van der Waals surface area contributed by atoms with Crippen LogP contribution in [-0.2, 0) is 6.54 Å². The van der Waals surface area contributed by atoms with Gasteiger partial charge in [-0.2, -0.15) is 5.10 Å². The molecular formula is C12H21N3O2. The van der Waals surface area contributed by atoms with Gasteiger partial charge >= 0.3 is 0 Å². The molecular weight excluding hydrogens is 218 g/mol. The van der Waals surface area contributed by atoms with Crippen LogP contribution in [0.2, 0.25) is 0 Å². The Morgan fingerprint density at radius 3 is 3.06 bits per heavy atom. The predicted octanol–water partition coefficient (Wildman–Crippen LogP) is -0.00540. The summed E-state index contributed by atoms with van der Waals surface area (Å²) in [4.78, 5) is 0. The second-order valence-corrected chi connectivity index (χ2v) is 4.77. The van der Waals surface area contributed by atoms with E-state index in [-0.39, 0.29) is 6.61 Å². The monoisotopic (exact) mass is 239 g/mol. The Morgan fingerprint density at radius 1 is 1.47 bits per heavy atom. The largest absolute Gasteiger partial charge is 0.396 e. The van der Waals surface area contributed by atoms with Gasteiger partial charge in [0.15, 0.2) is 0 Å². The third-order valence-electron chi connectivity index (χ3n) is 3.47. The van der Waals surface area contributed by atoms with Gasteiger partial charge in [-0.05, 0) is 24.8 Å². The van der Waals surface area contributed by atoms with Crippen molar-refractivity contribution in [1.29, 1.82) is 0 Å². The number of hydrogen-bond donors (Lipinski definition) is 3. The van der Waals surface area contributed by atoms with Crippen LogP contribution < -0.4 is 5.32 Å². The fourth-order valence-electron chi connectivity index (χ4n) is 2.50. The van der Waals surface area contributed by atoms with Gasteiger partial charge < -0.3 is 15.5 Å². The molecule has 0 bridgehead atoms. The van der Waals surface area contributed by atoms with Crippen LogP contribution in [0.25, 0.3) is 0 Å². The molecule has 1 aromatic heterocycles. The topological polar surface area (TPSA) is 70.3 Å². The molecule has 2 rings (SSSR count). The maximum Gasteiger partial charge on any atom is 0.0860 e. The van der Waals surface area contributed by atoms with E-state index in [2.05, 4.69) is 10.4 Å². The first-order valence-corrected chi connectivity index (χ1v) is 6.29. The van der Waals surface area contributed by atoms with Crippen molar-refractivity contribution in [3.63, 3.8) is 0 Å². The van der Waals surface area contributed by atoms with Crippen LogP contribution in [0.5, 0.6) is 0 Å². The molecule has 1 saturated carbocycles. The van der Waals surface area contributed by atoms with Crippen molar-refractivity contribution >= 4 is 0 Å². The molecule has 0 spiro atoms. The lowest BCUT2D eigenvalue weighted by Crippen LogP contribution is -2.40. The molecule has 1 heterocycles. The normalized spacial score (nSPS) is 26.2. The smallest absolute Gasteiger partial charge is 0.0860 e. The van der Waals surface area contributed by atoms with Crippen molar-refractivity contribution < 1.29 is 10.2 Å². The summed E-state index contributed by atoms with van der Waals surface area (Å²) in [5, 5.41) is 26.4. The second kappa shape index (κ2) is 6.14. The lowest BCUT2D eigenvalue weighted by atomic mass is 10.1. The fourth-order valence-corrected chi connectivity index (χ4v) is 2.50. The van der Waals surface area contributed by atoms with E-state index in [1.54, 1.807) is 10.9 Å². The van der Waals surface area contributed by atoms with Gasteiger partial charge in [0.05, 0.1) is 12.6 Å². The number of hydrogen-bond acceptors (Lipinski definition) is 4. The molecule has 3 unspecified atom stereocenters. The highest BCUT2D eigenvalue weighted by molar-refractivity contribution is 4.84. The molecule has 5 nitrogen and oxygen atoms in total. The molecule has 3 N–H and O–H groups in total. The van der Waals surface area contributed by atoms with Gasteiger partial charge in [-0.25, -0.2) is 0 Å². The zero-order chi connectivity index (χ0) is 12.1. The van der Waals surface area contributed by atoms with Crippen LogP contribution in [0.3, 0.4) is 0 Å². The Balaban J connectivity index is 1.70. The van der Waals surface area contributed by atoms with Crippen molar-refractivity contribution in [1.82, 2.24) is 15.1 Å². The summed E-state index contributed by atoms with van der Waals surface area (Å²) in [6.07, 6.45) is 6.46. The van der Waals surface area contributed by atoms with Crippen LogP contribution in [-0.4, -0.2) is 45.3 Å². The van der Waals surface area contributed by atoms with Crippen molar-refractivity contribution in [3.05, 3.63) is 18.5 Å². The highest BCUT2D eigenvalue weighted by atomic mass is 16.3. The third kappa shape index (κ3) is 3.52. The summed E-state index contributed by atoms with van der Waals surface area (Å²) in [7, 11) is 0. The summed E-state index contributed by atoms with van der Waals surface area (Å²) in [5.41, 5.74) is 0. The van der Waals surface area contributed by atoms with Crippen molar-refractivity contribution in [2.24, 2.45) is 5.92 Å². The van der Waals surface area contributed by atoms with E-state index < -0.39 is 6.10 Å². The maximum atomic E-state index is 9.85. The van der Waals surface area contributed by atoms with Crippen molar-refractivity contribution in [2.45, 2.75) is 38.0 Å². The Morgan fingerprint density at radius 2 is 2.35 bits per heavy atom. The minimum absolute atomic E-state index is 0.243. The summed E-state index contributed by atoms with van der Waals surface area (Å²) >= 11 is 0. The van der Waals surface area contributed by atoms with Gasteiger partial charge in [-0.3, -0.25) is 4.68 Å². The van der Waals surface area contributed by atoms with Gasteiger partial charge in [0.1, 0.15) is 0 Å². The maximum absolute atomic E-state index is 9.85. The number of nitrogens with zero attached hydrogens (tertiary/aromatic N) is 2. The van der Waals surface area contributed by atoms with Gasteiger partial charge in [0.25, 0.3) is 0 Å². The zero-order valence-corrected chi connectivity index (χ0v) is 10.00. The van der Waals surface area contributed by atoms with Crippen LogP contribution in [0.15, 0.2) is 18.5 Å². The van der Waals surface area contributed by atoms with Gasteiger partial charge in [0.2, 0.25) is 0 Å². The third-order valence-corrected chi connectivity index (χ3v) is 3.47. The second-order valence-electron chi connectivity index (χ2n) is 4.77. The molecule has 0 saturated heterocycles. The van der Waals surface area contributed by atoms with Crippen molar-refractivity contribution in [2.75, 3.05) is 13.2 Å². The molecule has 3 atom stereocenters. The standard InChI is InChI=1S/C12H21N3O2/c16-9-10-3-1-4-12(10)13-7-11(17)8-15-6-2-5-14-15/h2,5-6,10-13,16-17H,1,3-4,7-9H2. The first kappa shape index (κ1) is 12.5. The number of aromatic nitrogens is 2. The lowest BCUT2D eigenvalue weighted by molar-refractivity contribution is 0.134. The molecule has 0 radical (unpaired) electrons. The van der Waals surface area contributed by atoms with E-state index in [0.717, 1.165) is 19.3 Å². The summed E-state index contributed by atoms with van der Waals surface area (Å²) in [6.45, 7) is 1.31. The first-order valence-electron chi connectivity index (χ1n) is 6.29. The minimum Gasteiger partial charge on any atom is -0.396 e. The van der Waals surface area contributed by atoms with Crippen molar-refractivity contribution in [3.8, 4) is 0 Å². The Kier molecular flexibility index (Phi) is 4.53. The lowest BCUT2D eigenvalue weighted by Gasteiger charge is -2.21. The summed E-state index contributed by atoms with van der Waals surface area (Å²) in [6, 6.07) is 2.20. The molecule has 1 aromatic rings. The fraction of sp³-hybridized carbons (Fsp3) is 0.750. The number of aliphatic hydroxyl groups is 2. The number of rotatable bonds is 6. The van der Waals surface area contributed by atoms with Crippen LogP contribution in [0, 0.1) is 5.92 Å². The molecule has 5 heteroatoms. The Bertz CT molecular complexity index is 316. The highest BCUT2D eigenvalue weighted by Crippen LogP contribution is 2.24. The van der Waals surface area contributed by atoms with E-state index >= 15 is 0 Å². The molecule has 1 fully saturated rings. The molecule has 96 valence electrons. The van der Waals surface area contributed by atoms with E-state index in [4.69, 9.17) is 0 Å². The minimum atomic E-state index is -0.435. The first-order chi connectivity index (χ1) is 8.29. The molecule has 17 heavy (non-hydrogen) atoms. The van der Waals surface area contributed by atoms with Gasteiger partial charge in [-0.15, -0.1) is 0 Å². The quantitative estimate of drug-likeness (QED) is 0.653. The average Bonchev–Trinajstić information content (AvgIpc) is 2.96. The Hall–Kier alpha value is -0.910. The van der Waals surface area contributed by atoms with E-state index in [9.17, 15) is 10.2 Å². The number of aliphatic hydroxyl groups excluding tert-OH is 2. The van der Waals surface area contributed by atoms with Crippen LogP contribution >= 0.6 is 0 Å². The van der Waals surface area contributed by atoms with E-state index in [1.807, 2.05) is 12.3 Å². The molecule has 0 amide bonds. The zero-order valence-electron chi connectivity index (χ0n) is 10.00. The summed E-state index contributed by atoms with van der Waals surface area (Å²) in [5.74, 6) is 0.354. The van der Waals surface area contributed by atoms with Crippen LogP contribution in [0.1, 0.15) is 19.3 Å². The van der Waals surface area contributed by atoms with Gasteiger partial charge in [0, 0.05) is 31.6 Å². The van der Waals surface area contributed by atoms with Gasteiger partial charge in [-0.1, -0.05) is 6.42 Å². The highest BCUT2D eigenvalue weighted by Gasteiger charge is 2.26. The van der Waals surface area contributed by atoms with E-state index in [1.165, 1.54) is 0 Å². The SMILES string of the molecule is OCC1CCCC1NCC(O)Cn1cccn1. The van der Waals surface area contributed by atoms with Crippen LogP contribution in [0.4, 0.5) is 0 Å². The molecule has 1 aliphatic rings. The Labute approximate surface area is 101 Å². The van der Waals surface area contributed by atoms with E-state index in [0.29, 0.717) is 25.0 Å². The molecule has 0 aliphatic heterocycles. The molecule has 0 aromatic carbocycles. The number of nitrogens with one attached hydrogen (secondary N) is 1.